The van der Waals surface area contributed by atoms with Gasteiger partial charge in [0.2, 0.25) is 11.8 Å². The van der Waals surface area contributed by atoms with E-state index in [0.29, 0.717) is 18.3 Å². The van der Waals surface area contributed by atoms with Gasteiger partial charge in [-0.2, -0.15) is 0 Å². The van der Waals surface area contributed by atoms with E-state index in [1.807, 2.05) is 42.5 Å². The number of carbonyl (C=O) groups is 2. The highest BCUT2D eigenvalue weighted by Crippen LogP contribution is 2.22. The van der Waals surface area contributed by atoms with Crippen molar-refractivity contribution in [3.63, 3.8) is 0 Å². The fourth-order valence-corrected chi connectivity index (χ4v) is 3.92. The van der Waals surface area contributed by atoms with Crippen LogP contribution in [0.2, 0.25) is 0 Å². The molecule has 2 aromatic rings. The first-order chi connectivity index (χ1) is 14.1. The van der Waals surface area contributed by atoms with E-state index in [4.69, 9.17) is 4.74 Å². The second kappa shape index (κ2) is 10.7. The predicted molar refractivity (Wildman–Crippen MR) is 116 cm³/mol. The van der Waals surface area contributed by atoms with Crippen molar-refractivity contribution in [3.05, 3.63) is 65.7 Å². The normalized spacial score (nSPS) is 17.2. The molecule has 1 aliphatic heterocycles. The van der Waals surface area contributed by atoms with Crippen molar-refractivity contribution in [1.29, 1.82) is 0 Å². The smallest absolute Gasteiger partial charge is 0.240 e. The third-order valence-corrected chi connectivity index (χ3v) is 5.66. The van der Waals surface area contributed by atoms with E-state index in [1.165, 1.54) is 17.3 Å². The molecule has 1 fully saturated rings. The van der Waals surface area contributed by atoms with Crippen LogP contribution in [-0.4, -0.2) is 42.4 Å². The second-order valence-corrected chi connectivity index (χ2v) is 7.86. The highest BCUT2D eigenvalue weighted by atomic mass is 32.2. The fourth-order valence-electron chi connectivity index (χ4n) is 2.93. The molecule has 0 aromatic heterocycles. The van der Waals surface area contributed by atoms with E-state index >= 15 is 0 Å². The summed E-state index contributed by atoms with van der Waals surface area (Å²) in [5.74, 6) is 0.527. The Balaban J connectivity index is 1.38. The maximum absolute atomic E-state index is 12.2. The SMILES string of the molecule is COc1ccc(CCNC(=O)C[C@H]2SC(=NCCc3ccccc3)NC2=O)cc1. The van der Waals surface area contributed by atoms with Gasteiger partial charge in [0.05, 0.1) is 7.11 Å². The Morgan fingerprint density at radius 2 is 1.83 bits per heavy atom. The molecule has 1 atom stereocenters. The van der Waals surface area contributed by atoms with Gasteiger partial charge in [-0.3, -0.25) is 14.6 Å². The Kier molecular flexibility index (Phi) is 7.69. The Bertz CT molecular complexity index is 853. The lowest BCUT2D eigenvalue weighted by molar-refractivity contribution is -0.125. The highest BCUT2D eigenvalue weighted by molar-refractivity contribution is 8.15. The van der Waals surface area contributed by atoms with Crippen molar-refractivity contribution in [2.75, 3.05) is 20.2 Å². The monoisotopic (exact) mass is 411 g/mol. The summed E-state index contributed by atoms with van der Waals surface area (Å²) in [7, 11) is 1.63. The minimum absolute atomic E-state index is 0.128. The van der Waals surface area contributed by atoms with Gasteiger partial charge in [-0.05, 0) is 36.1 Å². The van der Waals surface area contributed by atoms with Crippen LogP contribution >= 0.6 is 11.8 Å². The van der Waals surface area contributed by atoms with E-state index in [0.717, 1.165) is 24.2 Å². The first kappa shape index (κ1) is 20.9. The number of hydrogen-bond donors (Lipinski definition) is 2. The van der Waals surface area contributed by atoms with E-state index in [-0.39, 0.29) is 18.2 Å². The summed E-state index contributed by atoms with van der Waals surface area (Å²) in [6.07, 6.45) is 1.69. The molecule has 6 nitrogen and oxygen atoms in total. The minimum Gasteiger partial charge on any atom is -0.497 e. The van der Waals surface area contributed by atoms with Gasteiger partial charge >= 0.3 is 0 Å². The molecule has 3 rings (SSSR count). The zero-order valence-electron chi connectivity index (χ0n) is 16.4. The molecule has 0 aliphatic carbocycles. The predicted octanol–water partition coefficient (Wildman–Crippen LogP) is 2.57. The van der Waals surface area contributed by atoms with Gasteiger partial charge in [0.1, 0.15) is 11.0 Å². The van der Waals surface area contributed by atoms with Crippen LogP contribution in [0.4, 0.5) is 0 Å². The van der Waals surface area contributed by atoms with Crippen LogP contribution in [0.3, 0.4) is 0 Å². The lowest BCUT2D eigenvalue weighted by atomic mass is 10.1. The molecule has 7 heteroatoms. The van der Waals surface area contributed by atoms with Crippen LogP contribution in [-0.2, 0) is 22.4 Å². The molecular formula is C22H25N3O3S. The van der Waals surface area contributed by atoms with Crippen LogP contribution in [0.5, 0.6) is 5.75 Å². The summed E-state index contributed by atoms with van der Waals surface area (Å²) in [6.45, 7) is 1.13. The number of thioether (sulfide) groups is 1. The summed E-state index contributed by atoms with van der Waals surface area (Å²) >= 11 is 1.33. The number of methoxy groups -OCH3 is 1. The zero-order chi connectivity index (χ0) is 20.5. The molecule has 0 saturated carbocycles. The Morgan fingerprint density at radius 3 is 2.55 bits per heavy atom. The maximum Gasteiger partial charge on any atom is 0.240 e. The van der Waals surface area contributed by atoms with Crippen LogP contribution in [0.15, 0.2) is 59.6 Å². The molecule has 152 valence electrons. The topological polar surface area (TPSA) is 79.8 Å². The number of amides is 2. The first-order valence-corrected chi connectivity index (χ1v) is 10.5. The van der Waals surface area contributed by atoms with Crippen LogP contribution in [0.1, 0.15) is 17.5 Å². The minimum atomic E-state index is -0.425. The summed E-state index contributed by atoms with van der Waals surface area (Å²) in [6, 6.07) is 17.8. The number of benzene rings is 2. The number of hydrogen-bond acceptors (Lipinski definition) is 5. The summed E-state index contributed by atoms with van der Waals surface area (Å²) in [5, 5.41) is 5.83. The van der Waals surface area contributed by atoms with Crippen molar-refractivity contribution >= 4 is 28.7 Å². The highest BCUT2D eigenvalue weighted by Gasteiger charge is 2.31. The van der Waals surface area contributed by atoms with Gasteiger partial charge in [-0.25, -0.2) is 0 Å². The fraction of sp³-hybridized carbons (Fsp3) is 0.318. The molecule has 0 unspecified atom stereocenters. The average Bonchev–Trinajstić information content (AvgIpc) is 3.08. The largest absolute Gasteiger partial charge is 0.497 e. The van der Waals surface area contributed by atoms with Gasteiger partial charge < -0.3 is 15.4 Å². The van der Waals surface area contributed by atoms with Crippen molar-refractivity contribution in [2.24, 2.45) is 4.99 Å². The number of carbonyl (C=O) groups excluding carboxylic acids is 2. The molecular weight excluding hydrogens is 386 g/mol. The van der Waals surface area contributed by atoms with Gasteiger partial charge in [-0.1, -0.05) is 54.2 Å². The maximum atomic E-state index is 12.2. The van der Waals surface area contributed by atoms with E-state index in [2.05, 4.69) is 27.8 Å². The summed E-state index contributed by atoms with van der Waals surface area (Å²) in [5.41, 5.74) is 2.32. The number of aliphatic imine (C=N–C) groups is 1. The lowest BCUT2D eigenvalue weighted by Gasteiger charge is -2.08. The summed E-state index contributed by atoms with van der Waals surface area (Å²) in [4.78, 5) is 28.7. The zero-order valence-corrected chi connectivity index (χ0v) is 17.2. The molecule has 1 aliphatic rings. The van der Waals surface area contributed by atoms with Crippen LogP contribution in [0.25, 0.3) is 0 Å². The number of ether oxygens (including phenoxy) is 1. The average molecular weight is 412 g/mol. The molecule has 2 amide bonds. The molecule has 2 aromatic carbocycles. The third kappa shape index (κ3) is 6.64. The Labute approximate surface area is 175 Å². The van der Waals surface area contributed by atoms with Crippen molar-refractivity contribution in [1.82, 2.24) is 10.6 Å². The van der Waals surface area contributed by atoms with Crippen molar-refractivity contribution in [3.8, 4) is 5.75 Å². The molecule has 2 N–H and O–H groups in total. The quantitative estimate of drug-likeness (QED) is 0.665. The van der Waals surface area contributed by atoms with Crippen LogP contribution in [0, 0.1) is 0 Å². The summed E-state index contributed by atoms with van der Waals surface area (Å²) < 4.78 is 5.13. The van der Waals surface area contributed by atoms with E-state index < -0.39 is 5.25 Å². The molecule has 0 spiro atoms. The molecule has 1 saturated heterocycles. The lowest BCUT2D eigenvalue weighted by Crippen LogP contribution is -2.32. The van der Waals surface area contributed by atoms with Gasteiger partial charge in [0.25, 0.3) is 0 Å². The number of amidine groups is 1. The van der Waals surface area contributed by atoms with Gasteiger partial charge in [0.15, 0.2) is 5.17 Å². The van der Waals surface area contributed by atoms with E-state index in [1.54, 1.807) is 7.11 Å². The number of nitrogens with one attached hydrogen (secondary N) is 2. The number of nitrogens with zero attached hydrogens (tertiary/aromatic N) is 1. The number of rotatable bonds is 9. The van der Waals surface area contributed by atoms with E-state index in [9.17, 15) is 9.59 Å². The van der Waals surface area contributed by atoms with Crippen molar-refractivity contribution in [2.45, 2.75) is 24.5 Å². The molecule has 29 heavy (non-hydrogen) atoms. The van der Waals surface area contributed by atoms with Crippen molar-refractivity contribution < 1.29 is 14.3 Å². The molecule has 0 bridgehead atoms. The molecule has 0 radical (unpaired) electrons. The standard InChI is InChI=1S/C22H25N3O3S/c1-28-18-9-7-17(8-10-18)11-13-23-20(26)15-19-21(27)25-22(29-19)24-14-12-16-5-3-2-4-6-16/h2-10,19H,11-15H2,1H3,(H,23,26)(H,24,25,27)/t19-/m1/s1. The molecule has 1 heterocycles. The second-order valence-electron chi connectivity index (χ2n) is 6.67. The third-order valence-electron chi connectivity index (χ3n) is 4.54. The van der Waals surface area contributed by atoms with Gasteiger partial charge in [0, 0.05) is 19.5 Å². The Morgan fingerprint density at radius 1 is 1.10 bits per heavy atom. The Hall–Kier alpha value is -2.80. The van der Waals surface area contributed by atoms with Gasteiger partial charge in [-0.15, -0.1) is 0 Å². The van der Waals surface area contributed by atoms with Crippen LogP contribution < -0.4 is 15.4 Å². The first-order valence-electron chi connectivity index (χ1n) is 9.59.